The van der Waals surface area contributed by atoms with Crippen molar-refractivity contribution in [3.63, 3.8) is 0 Å². The lowest BCUT2D eigenvalue weighted by Crippen LogP contribution is -2.49. The summed E-state index contributed by atoms with van der Waals surface area (Å²) in [7, 11) is 1.82. The fourth-order valence-corrected chi connectivity index (χ4v) is 3.14. The molecule has 2 N–H and O–H groups in total. The van der Waals surface area contributed by atoms with E-state index < -0.39 is 0 Å². The average Bonchev–Trinajstić information content (AvgIpc) is 2.63. The van der Waals surface area contributed by atoms with E-state index in [1.54, 1.807) is 0 Å². The number of ether oxygens (including phenoxy) is 1. The number of guanidine groups is 1. The highest BCUT2D eigenvalue weighted by atomic mass is 127. The van der Waals surface area contributed by atoms with Crippen LogP contribution in [0.1, 0.15) is 31.7 Å². The maximum Gasteiger partial charge on any atom is 0.191 e. The largest absolute Gasteiger partial charge is 0.380 e. The Kier molecular flexibility index (Phi) is 11.9. The van der Waals surface area contributed by atoms with Gasteiger partial charge in [-0.3, -0.25) is 9.89 Å². The summed E-state index contributed by atoms with van der Waals surface area (Å²) >= 11 is 0. The van der Waals surface area contributed by atoms with Crippen LogP contribution >= 0.6 is 24.0 Å². The van der Waals surface area contributed by atoms with Crippen molar-refractivity contribution in [2.75, 3.05) is 39.9 Å². The monoisotopic (exact) mass is 460 g/mol. The third-order valence-corrected chi connectivity index (χ3v) is 4.45. The molecule has 0 amide bonds. The van der Waals surface area contributed by atoms with E-state index >= 15 is 0 Å². The van der Waals surface area contributed by atoms with Crippen molar-refractivity contribution in [1.29, 1.82) is 0 Å². The highest BCUT2D eigenvalue weighted by Gasteiger charge is 2.22. The van der Waals surface area contributed by atoms with Gasteiger partial charge in [0, 0.05) is 39.3 Å². The molecule has 0 saturated carbocycles. The quantitative estimate of drug-likeness (QED) is 0.271. The van der Waals surface area contributed by atoms with Crippen molar-refractivity contribution in [3.8, 4) is 0 Å². The van der Waals surface area contributed by atoms with Crippen LogP contribution in [-0.4, -0.2) is 56.8 Å². The van der Waals surface area contributed by atoms with E-state index in [1.165, 1.54) is 31.4 Å². The van der Waals surface area contributed by atoms with E-state index in [9.17, 15) is 0 Å². The highest BCUT2D eigenvalue weighted by Crippen LogP contribution is 2.19. The lowest BCUT2D eigenvalue weighted by Gasteiger charge is -2.36. The fraction of sp³-hybridized carbons (Fsp3) is 0.632. The SMILES string of the molecule is CCOCCNC(=NC)NCC1CCCCN1Cc1ccccc1.I. The molecule has 1 aliphatic rings. The van der Waals surface area contributed by atoms with Gasteiger partial charge in [0.2, 0.25) is 0 Å². The molecule has 0 bridgehead atoms. The maximum atomic E-state index is 5.35. The smallest absolute Gasteiger partial charge is 0.191 e. The summed E-state index contributed by atoms with van der Waals surface area (Å²) in [4.78, 5) is 6.90. The highest BCUT2D eigenvalue weighted by molar-refractivity contribution is 14.0. The second kappa shape index (κ2) is 13.4. The van der Waals surface area contributed by atoms with Crippen LogP contribution in [0.15, 0.2) is 35.3 Å². The van der Waals surface area contributed by atoms with Crippen LogP contribution in [0.5, 0.6) is 0 Å². The first-order valence-electron chi connectivity index (χ1n) is 9.13. The fourth-order valence-electron chi connectivity index (χ4n) is 3.14. The van der Waals surface area contributed by atoms with E-state index in [4.69, 9.17) is 4.74 Å². The molecule has 6 heteroatoms. The van der Waals surface area contributed by atoms with E-state index in [-0.39, 0.29) is 24.0 Å². The second-order valence-electron chi connectivity index (χ2n) is 6.18. The van der Waals surface area contributed by atoms with E-state index in [2.05, 4.69) is 50.9 Å². The second-order valence-corrected chi connectivity index (χ2v) is 6.18. The predicted molar refractivity (Wildman–Crippen MR) is 116 cm³/mol. The zero-order valence-corrected chi connectivity index (χ0v) is 17.9. The number of hydrogen-bond donors (Lipinski definition) is 2. The Labute approximate surface area is 169 Å². The predicted octanol–water partition coefficient (Wildman–Crippen LogP) is 2.86. The zero-order valence-electron chi connectivity index (χ0n) is 15.5. The summed E-state index contributed by atoms with van der Waals surface area (Å²) in [5, 5.41) is 6.78. The summed E-state index contributed by atoms with van der Waals surface area (Å²) in [6.45, 7) is 7.40. The van der Waals surface area contributed by atoms with Crippen LogP contribution in [0.3, 0.4) is 0 Å². The van der Waals surface area contributed by atoms with Crippen LogP contribution in [-0.2, 0) is 11.3 Å². The Balaban J connectivity index is 0.00000312. The maximum absolute atomic E-state index is 5.35. The third kappa shape index (κ3) is 8.37. The number of piperidine rings is 1. The van der Waals surface area contributed by atoms with E-state index in [1.807, 2.05) is 14.0 Å². The molecule has 0 radical (unpaired) electrons. The Morgan fingerprint density at radius 3 is 2.76 bits per heavy atom. The molecule has 1 unspecified atom stereocenters. The minimum absolute atomic E-state index is 0. The first kappa shape index (κ1) is 22.2. The van der Waals surface area contributed by atoms with Crippen molar-refractivity contribution in [2.45, 2.75) is 38.8 Å². The number of benzene rings is 1. The number of aliphatic imine (C=N–C) groups is 1. The van der Waals surface area contributed by atoms with Gasteiger partial charge in [-0.1, -0.05) is 36.8 Å². The lowest BCUT2D eigenvalue weighted by molar-refractivity contribution is 0.140. The normalized spacial score (nSPS) is 18.5. The van der Waals surface area contributed by atoms with Crippen molar-refractivity contribution >= 4 is 29.9 Å². The van der Waals surface area contributed by atoms with Crippen LogP contribution in [0, 0.1) is 0 Å². The number of nitrogens with one attached hydrogen (secondary N) is 2. The first-order chi connectivity index (χ1) is 11.8. The molecule has 0 aliphatic carbocycles. The molecule has 1 fully saturated rings. The molecular weight excluding hydrogens is 427 g/mol. The minimum atomic E-state index is 0. The standard InChI is InChI=1S/C19H32N4O.HI/c1-3-24-14-12-21-19(20-2)22-15-18-11-7-8-13-23(18)16-17-9-5-4-6-10-17;/h4-6,9-10,18H,3,7-8,11-16H2,1-2H3,(H2,20,21,22);1H. The molecule has 1 aliphatic heterocycles. The number of nitrogens with zero attached hydrogens (tertiary/aromatic N) is 2. The molecule has 0 spiro atoms. The van der Waals surface area contributed by atoms with Crippen molar-refractivity contribution in [1.82, 2.24) is 15.5 Å². The minimum Gasteiger partial charge on any atom is -0.380 e. The van der Waals surface area contributed by atoms with Crippen molar-refractivity contribution in [3.05, 3.63) is 35.9 Å². The van der Waals surface area contributed by atoms with Gasteiger partial charge in [-0.15, -0.1) is 24.0 Å². The van der Waals surface area contributed by atoms with Gasteiger partial charge >= 0.3 is 0 Å². The van der Waals surface area contributed by atoms with Crippen LogP contribution in [0.4, 0.5) is 0 Å². The van der Waals surface area contributed by atoms with Gasteiger partial charge in [0.15, 0.2) is 5.96 Å². The molecule has 1 atom stereocenters. The topological polar surface area (TPSA) is 48.9 Å². The number of likely N-dealkylation sites (tertiary alicyclic amines) is 1. The van der Waals surface area contributed by atoms with Crippen molar-refractivity contribution in [2.24, 2.45) is 4.99 Å². The molecule has 25 heavy (non-hydrogen) atoms. The number of halogens is 1. The summed E-state index contributed by atoms with van der Waals surface area (Å²) in [5.41, 5.74) is 1.39. The Hall–Kier alpha value is -0.860. The average molecular weight is 460 g/mol. The van der Waals surface area contributed by atoms with Crippen LogP contribution in [0.25, 0.3) is 0 Å². The summed E-state index contributed by atoms with van der Waals surface area (Å²) in [5.74, 6) is 0.861. The zero-order chi connectivity index (χ0) is 17.0. The molecule has 0 aromatic heterocycles. The molecule has 1 saturated heterocycles. The van der Waals surface area contributed by atoms with Gasteiger partial charge in [-0.05, 0) is 31.9 Å². The van der Waals surface area contributed by atoms with Crippen molar-refractivity contribution < 1.29 is 4.74 Å². The number of rotatable bonds is 8. The van der Waals surface area contributed by atoms with Gasteiger partial charge in [-0.25, -0.2) is 0 Å². The molecule has 2 rings (SSSR count). The van der Waals surface area contributed by atoms with Gasteiger partial charge in [0.05, 0.1) is 6.61 Å². The molecule has 142 valence electrons. The summed E-state index contributed by atoms with van der Waals surface area (Å²) in [6, 6.07) is 11.3. The van der Waals surface area contributed by atoms with E-state index in [0.29, 0.717) is 12.6 Å². The number of hydrogen-bond acceptors (Lipinski definition) is 3. The van der Waals surface area contributed by atoms with E-state index in [0.717, 1.165) is 32.2 Å². The first-order valence-corrected chi connectivity index (χ1v) is 9.13. The molecule has 1 heterocycles. The molecule has 1 aromatic carbocycles. The van der Waals surface area contributed by atoms with Gasteiger partial charge in [0.1, 0.15) is 0 Å². The molecule has 1 aromatic rings. The summed E-state index contributed by atoms with van der Waals surface area (Å²) < 4.78 is 5.35. The van der Waals surface area contributed by atoms with Gasteiger partial charge in [0.25, 0.3) is 0 Å². The Morgan fingerprint density at radius 1 is 1.24 bits per heavy atom. The Morgan fingerprint density at radius 2 is 2.04 bits per heavy atom. The van der Waals surface area contributed by atoms with Crippen LogP contribution < -0.4 is 10.6 Å². The lowest BCUT2D eigenvalue weighted by atomic mass is 10.0. The van der Waals surface area contributed by atoms with Gasteiger partial charge < -0.3 is 15.4 Å². The Bertz CT molecular complexity index is 484. The summed E-state index contributed by atoms with van der Waals surface area (Å²) in [6.07, 6.45) is 3.86. The molecular formula is C19H33IN4O. The molecule has 5 nitrogen and oxygen atoms in total. The third-order valence-electron chi connectivity index (χ3n) is 4.45. The van der Waals surface area contributed by atoms with Crippen LogP contribution in [0.2, 0.25) is 0 Å². The van der Waals surface area contributed by atoms with Gasteiger partial charge in [-0.2, -0.15) is 0 Å².